The monoisotopic (exact) mass is 275 g/mol. The van der Waals surface area contributed by atoms with Crippen LogP contribution in [0.2, 0.25) is 0 Å². The zero-order valence-electron chi connectivity index (χ0n) is 11.5. The highest BCUT2D eigenvalue weighted by atomic mass is 16.3. The van der Waals surface area contributed by atoms with Crippen molar-refractivity contribution >= 4 is 16.7 Å². The minimum atomic E-state index is -0.623. The van der Waals surface area contributed by atoms with Crippen LogP contribution >= 0.6 is 0 Å². The highest BCUT2D eigenvalue weighted by Crippen LogP contribution is 2.11. The smallest absolute Gasteiger partial charge is 0.275 e. The van der Waals surface area contributed by atoms with E-state index in [2.05, 4.69) is 10.4 Å². The highest BCUT2D eigenvalue weighted by molar-refractivity contribution is 5.83. The summed E-state index contributed by atoms with van der Waals surface area (Å²) in [6.07, 6.45) is -0.623. The molecule has 1 aromatic heterocycles. The molecule has 0 saturated heterocycles. The number of benzene rings is 1. The van der Waals surface area contributed by atoms with Gasteiger partial charge in [-0.3, -0.25) is 9.59 Å². The van der Waals surface area contributed by atoms with Crippen molar-refractivity contribution in [1.29, 1.82) is 0 Å². The van der Waals surface area contributed by atoms with Crippen LogP contribution < -0.4 is 10.9 Å². The third-order valence-corrected chi connectivity index (χ3v) is 2.94. The Balaban J connectivity index is 2.29. The SMILES string of the molecule is Cc1nn(CC(=O)NCC(C)O)c(=O)c2ccccc12. The number of aryl methyl sites for hydroxylation is 1. The van der Waals surface area contributed by atoms with Crippen LogP contribution in [-0.2, 0) is 11.3 Å². The fraction of sp³-hybridized carbons (Fsp3) is 0.357. The Hall–Kier alpha value is -2.21. The lowest BCUT2D eigenvalue weighted by molar-refractivity contribution is -0.122. The van der Waals surface area contributed by atoms with Crippen LogP contribution in [0.5, 0.6) is 0 Å². The van der Waals surface area contributed by atoms with E-state index in [0.717, 1.165) is 10.1 Å². The molecule has 6 heteroatoms. The van der Waals surface area contributed by atoms with Gasteiger partial charge >= 0.3 is 0 Å². The molecule has 1 aromatic carbocycles. The van der Waals surface area contributed by atoms with Gasteiger partial charge in [0.1, 0.15) is 6.54 Å². The number of fused-ring (bicyclic) bond motifs is 1. The van der Waals surface area contributed by atoms with E-state index in [1.165, 1.54) is 0 Å². The summed E-state index contributed by atoms with van der Waals surface area (Å²) in [5.74, 6) is -0.352. The topological polar surface area (TPSA) is 84.2 Å². The van der Waals surface area contributed by atoms with Crippen LogP contribution in [0, 0.1) is 6.92 Å². The maximum Gasteiger partial charge on any atom is 0.275 e. The molecule has 0 spiro atoms. The number of carbonyl (C=O) groups is 1. The number of hydrogen-bond acceptors (Lipinski definition) is 4. The predicted molar refractivity (Wildman–Crippen MR) is 75.4 cm³/mol. The first-order chi connectivity index (χ1) is 9.49. The molecule has 2 aromatic rings. The Morgan fingerprint density at radius 1 is 1.40 bits per heavy atom. The third kappa shape index (κ3) is 3.03. The van der Waals surface area contributed by atoms with Crippen molar-refractivity contribution in [2.75, 3.05) is 6.54 Å². The number of amides is 1. The van der Waals surface area contributed by atoms with Crippen molar-refractivity contribution in [2.24, 2.45) is 0 Å². The van der Waals surface area contributed by atoms with E-state index in [-0.39, 0.29) is 24.6 Å². The lowest BCUT2D eigenvalue weighted by atomic mass is 10.1. The standard InChI is InChI=1S/C14H17N3O3/c1-9(18)7-15-13(19)8-17-14(20)12-6-4-3-5-11(12)10(2)16-17/h3-6,9,18H,7-8H2,1-2H3,(H,15,19). The number of nitrogens with zero attached hydrogens (tertiary/aromatic N) is 2. The first kappa shape index (κ1) is 14.2. The first-order valence-corrected chi connectivity index (χ1v) is 6.40. The van der Waals surface area contributed by atoms with Crippen molar-refractivity contribution in [3.63, 3.8) is 0 Å². The van der Waals surface area contributed by atoms with Crippen LogP contribution in [0.25, 0.3) is 10.8 Å². The second-order valence-corrected chi connectivity index (χ2v) is 4.75. The van der Waals surface area contributed by atoms with E-state index in [1.807, 2.05) is 12.1 Å². The molecule has 1 atom stereocenters. The molecule has 0 aliphatic heterocycles. The molecule has 1 amide bonds. The van der Waals surface area contributed by atoms with Crippen molar-refractivity contribution in [3.8, 4) is 0 Å². The van der Waals surface area contributed by atoms with Gasteiger partial charge in [-0.15, -0.1) is 0 Å². The Morgan fingerprint density at radius 3 is 2.70 bits per heavy atom. The van der Waals surface area contributed by atoms with Gasteiger partial charge in [0.05, 0.1) is 17.2 Å². The molecular formula is C14H17N3O3. The maximum absolute atomic E-state index is 12.2. The fourth-order valence-electron chi connectivity index (χ4n) is 1.97. The Morgan fingerprint density at radius 2 is 2.05 bits per heavy atom. The van der Waals surface area contributed by atoms with Crippen molar-refractivity contribution in [3.05, 3.63) is 40.3 Å². The summed E-state index contributed by atoms with van der Waals surface area (Å²) in [7, 11) is 0. The van der Waals surface area contributed by atoms with E-state index >= 15 is 0 Å². The summed E-state index contributed by atoms with van der Waals surface area (Å²) >= 11 is 0. The third-order valence-electron chi connectivity index (χ3n) is 2.94. The summed E-state index contributed by atoms with van der Waals surface area (Å²) in [6.45, 7) is 3.37. The summed E-state index contributed by atoms with van der Waals surface area (Å²) in [5, 5.41) is 17.1. The molecule has 106 valence electrons. The second-order valence-electron chi connectivity index (χ2n) is 4.75. The molecular weight excluding hydrogens is 258 g/mol. The number of aliphatic hydroxyl groups is 1. The molecule has 0 saturated carbocycles. The molecule has 0 bridgehead atoms. The number of aliphatic hydroxyl groups excluding tert-OH is 1. The zero-order chi connectivity index (χ0) is 14.7. The number of rotatable bonds is 4. The first-order valence-electron chi connectivity index (χ1n) is 6.40. The van der Waals surface area contributed by atoms with Gasteiger partial charge < -0.3 is 10.4 Å². The molecule has 0 fully saturated rings. The summed E-state index contributed by atoms with van der Waals surface area (Å²) in [4.78, 5) is 23.9. The Kier molecular flexibility index (Phi) is 4.14. The van der Waals surface area contributed by atoms with Gasteiger partial charge in [0.15, 0.2) is 0 Å². The molecule has 6 nitrogen and oxygen atoms in total. The van der Waals surface area contributed by atoms with Gasteiger partial charge in [-0.25, -0.2) is 4.68 Å². The Labute approximate surface area is 116 Å². The van der Waals surface area contributed by atoms with Gasteiger partial charge in [-0.05, 0) is 19.9 Å². The van der Waals surface area contributed by atoms with Crippen molar-refractivity contribution in [1.82, 2.24) is 15.1 Å². The van der Waals surface area contributed by atoms with E-state index < -0.39 is 6.10 Å². The largest absolute Gasteiger partial charge is 0.392 e. The van der Waals surface area contributed by atoms with E-state index in [9.17, 15) is 9.59 Å². The zero-order valence-corrected chi connectivity index (χ0v) is 11.5. The van der Waals surface area contributed by atoms with Gasteiger partial charge in [0.25, 0.3) is 5.56 Å². The minimum absolute atomic E-state index is 0.153. The van der Waals surface area contributed by atoms with E-state index in [1.54, 1.807) is 26.0 Å². The van der Waals surface area contributed by atoms with Gasteiger partial charge in [0.2, 0.25) is 5.91 Å². The minimum Gasteiger partial charge on any atom is -0.392 e. The summed E-state index contributed by atoms with van der Waals surface area (Å²) in [6, 6.07) is 7.17. The average Bonchev–Trinajstić information content (AvgIpc) is 2.42. The number of hydrogen-bond donors (Lipinski definition) is 2. The van der Waals surface area contributed by atoms with Gasteiger partial charge in [-0.1, -0.05) is 18.2 Å². The molecule has 1 heterocycles. The molecule has 0 radical (unpaired) electrons. The average molecular weight is 275 g/mol. The molecule has 0 aliphatic rings. The van der Waals surface area contributed by atoms with Gasteiger partial charge in [-0.2, -0.15) is 5.10 Å². The van der Waals surface area contributed by atoms with Crippen LogP contribution in [0.3, 0.4) is 0 Å². The quantitative estimate of drug-likeness (QED) is 0.835. The molecule has 0 aliphatic carbocycles. The van der Waals surface area contributed by atoms with E-state index in [0.29, 0.717) is 11.1 Å². The molecule has 2 N–H and O–H groups in total. The van der Waals surface area contributed by atoms with Crippen LogP contribution in [0.1, 0.15) is 12.6 Å². The van der Waals surface area contributed by atoms with Gasteiger partial charge in [0, 0.05) is 11.9 Å². The predicted octanol–water partition coefficient (Wildman–Crippen LogP) is 0.202. The molecule has 1 unspecified atom stereocenters. The maximum atomic E-state index is 12.2. The lowest BCUT2D eigenvalue weighted by Gasteiger charge is -2.10. The fourth-order valence-corrected chi connectivity index (χ4v) is 1.97. The second kappa shape index (κ2) is 5.83. The normalized spacial score (nSPS) is 12.3. The van der Waals surface area contributed by atoms with Crippen molar-refractivity contribution in [2.45, 2.75) is 26.5 Å². The number of carbonyl (C=O) groups excluding carboxylic acids is 1. The summed E-state index contributed by atoms with van der Waals surface area (Å²) < 4.78 is 1.15. The van der Waals surface area contributed by atoms with E-state index in [4.69, 9.17) is 5.11 Å². The Bertz CT molecular complexity index is 692. The lowest BCUT2D eigenvalue weighted by Crippen LogP contribution is -2.37. The number of aromatic nitrogens is 2. The van der Waals surface area contributed by atoms with Crippen molar-refractivity contribution < 1.29 is 9.90 Å². The summed E-state index contributed by atoms with van der Waals surface area (Å²) in [5.41, 5.74) is 0.405. The molecule has 20 heavy (non-hydrogen) atoms. The van der Waals surface area contributed by atoms with Crippen LogP contribution in [-0.4, -0.2) is 33.4 Å². The van der Waals surface area contributed by atoms with Crippen LogP contribution in [0.15, 0.2) is 29.1 Å². The van der Waals surface area contributed by atoms with Crippen LogP contribution in [0.4, 0.5) is 0 Å². The number of nitrogens with one attached hydrogen (secondary N) is 1. The highest BCUT2D eigenvalue weighted by Gasteiger charge is 2.10. The molecule has 2 rings (SSSR count).